The number of nitrogens with zero attached hydrogens (tertiary/aromatic N) is 3. The van der Waals surface area contributed by atoms with E-state index >= 15 is 0 Å². The molecule has 0 radical (unpaired) electrons. The zero-order valence-corrected chi connectivity index (χ0v) is 17.1. The first-order valence-electron chi connectivity index (χ1n) is 7.72. The number of hydrogen-bond donors (Lipinski definition) is 1. The van der Waals surface area contributed by atoms with E-state index in [-0.39, 0.29) is 24.0 Å². The molecule has 0 saturated carbocycles. The SMILES string of the molecule is CCCCN(C)C(=NCc1coc(-c2cccs2)n1)NCC.I. The molecule has 0 spiro atoms. The Kier molecular flexibility index (Phi) is 9.23. The summed E-state index contributed by atoms with van der Waals surface area (Å²) in [4.78, 5) is 12.3. The molecule has 2 aromatic rings. The standard InChI is InChI=1S/C16H24N4OS.HI/c1-4-6-9-20(3)16(17-5-2)18-11-13-12-21-15(19-13)14-8-7-10-22-14;/h7-8,10,12H,4-6,9,11H2,1-3H3,(H,17,18);1H. The Morgan fingerprint density at radius 3 is 2.91 bits per heavy atom. The zero-order chi connectivity index (χ0) is 15.8. The summed E-state index contributed by atoms with van der Waals surface area (Å²) in [5.41, 5.74) is 0.850. The topological polar surface area (TPSA) is 53.7 Å². The second-order valence-electron chi connectivity index (χ2n) is 5.07. The van der Waals surface area contributed by atoms with Gasteiger partial charge < -0.3 is 14.6 Å². The number of thiophene rings is 1. The average molecular weight is 448 g/mol. The molecule has 0 atom stereocenters. The molecule has 23 heavy (non-hydrogen) atoms. The molecule has 2 aromatic heterocycles. The number of halogens is 1. The fourth-order valence-corrected chi connectivity index (χ4v) is 2.68. The van der Waals surface area contributed by atoms with Gasteiger partial charge in [0.2, 0.25) is 5.89 Å². The summed E-state index contributed by atoms with van der Waals surface area (Å²) >= 11 is 1.62. The molecule has 2 heterocycles. The monoisotopic (exact) mass is 448 g/mol. The van der Waals surface area contributed by atoms with Gasteiger partial charge in [0.1, 0.15) is 12.0 Å². The van der Waals surface area contributed by atoms with Gasteiger partial charge in [0, 0.05) is 20.1 Å². The molecular formula is C16H25IN4OS. The number of nitrogens with one attached hydrogen (secondary N) is 1. The quantitative estimate of drug-likeness (QED) is 0.392. The largest absolute Gasteiger partial charge is 0.443 e. The molecule has 0 amide bonds. The number of rotatable bonds is 7. The van der Waals surface area contributed by atoms with E-state index in [1.165, 1.54) is 6.42 Å². The number of aromatic nitrogens is 1. The highest BCUT2D eigenvalue weighted by molar-refractivity contribution is 14.0. The third-order valence-electron chi connectivity index (χ3n) is 3.22. The number of unbranched alkanes of at least 4 members (excludes halogenated alkanes) is 1. The smallest absolute Gasteiger partial charge is 0.236 e. The van der Waals surface area contributed by atoms with Crippen molar-refractivity contribution < 1.29 is 4.42 Å². The maximum absolute atomic E-state index is 5.52. The van der Waals surface area contributed by atoms with Crippen LogP contribution in [-0.4, -0.2) is 36.0 Å². The minimum Gasteiger partial charge on any atom is -0.443 e. The maximum atomic E-state index is 5.52. The van der Waals surface area contributed by atoms with Crippen LogP contribution in [0.3, 0.4) is 0 Å². The predicted octanol–water partition coefficient (Wildman–Crippen LogP) is 4.22. The molecule has 5 nitrogen and oxygen atoms in total. The molecule has 0 aliphatic heterocycles. The van der Waals surface area contributed by atoms with Crippen molar-refractivity contribution in [2.75, 3.05) is 20.1 Å². The van der Waals surface area contributed by atoms with Crippen molar-refractivity contribution in [3.63, 3.8) is 0 Å². The minimum absolute atomic E-state index is 0. The fourth-order valence-electron chi connectivity index (χ4n) is 2.02. The van der Waals surface area contributed by atoms with Crippen LogP contribution >= 0.6 is 35.3 Å². The second kappa shape index (κ2) is 10.6. The number of aliphatic imine (C=N–C) groups is 1. The first kappa shape index (κ1) is 20.0. The van der Waals surface area contributed by atoms with E-state index in [0.717, 1.165) is 36.0 Å². The van der Waals surface area contributed by atoms with E-state index in [4.69, 9.17) is 4.42 Å². The first-order chi connectivity index (χ1) is 10.7. The van der Waals surface area contributed by atoms with Gasteiger partial charge in [-0.25, -0.2) is 9.98 Å². The molecule has 7 heteroatoms. The summed E-state index contributed by atoms with van der Waals surface area (Å²) in [6.07, 6.45) is 4.03. The van der Waals surface area contributed by atoms with Crippen LogP contribution in [0.1, 0.15) is 32.4 Å². The predicted molar refractivity (Wildman–Crippen MR) is 108 cm³/mol. The molecule has 0 aliphatic carbocycles. The van der Waals surface area contributed by atoms with E-state index < -0.39 is 0 Å². The molecule has 2 rings (SSSR count). The van der Waals surface area contributed by atoms with Crippen LogP contribution in [0.25, 0.3) is 10.8 Å². The molecule has 0 bridgehead atoms. The van der Waals surface area contributed by atoms with E-state index in [0.29, 0.717) is 12.4 Å². The summed E-state index contributed by atoms with van der Waals surface area (Å²) in [6.45, 7) is 6.65. The van der Waals surface area contributed by atoms with Gasteiger partial charge in [0.15, 0.2) is 5.96 Å². The molecule has 0 saturated heterocycles. The summed E-state index contributed by atoms with van der Waals surface area (Å²) in [6, 6.07) is 4.00. The van der Waals surface area contributed by atoms with E-state index in [2.05, 4.69) is 41.1 Å². The molecule has 0 fully saturated rings. The Hall–Kier alpha value is -1.09. The lowest BCUT2D eigenvalue weighted by molar-refractivity contribution is 0.464. The average Bonchev–Trinajstić information content (AvgIpc) is 3.19. The van der Waals surface area contributed by atoms with Gasteiger partial charge in [-0.3, -0.25) is 0 Å². The second-order valence-corrected chi connectivity index (χ2v) is 6.01. The summed E-state index contributed by atoms with van der Waals surface area (Å²) in [5.74, 6) is 1.58. The van der Waals surface area contributed by atoms with Crippen LogP contribution in [0, 0.1) is 0 Å². The highest BCUT2D eigenvalue weighted by atomic mass is 127. The van der Waals surface area contributed by atoms with Crippen molar-refractivity contribution in [3.8, 4) is 10.8 Å². The Labute approximate surface area is 159 Å². The van der Waals surface area contributed by atoms with Crippen LogP contribution in [0.15, 0.2) is 33.2 Å². The Morgan fingerprint density at radius 1 is 1.43 bits per heavy atom. The Bertz CT molecular complexity index is 583. The molecular weight excluding hydrogens is 423 g/mol. The maximum Gasteiger partial charge on any atom is 0.236 e. The highest BCUT2D eigenvalue weighted by Crippen LogP contribution is 2.23. The summed E-state index contributed by atoms with van der Waals surface area (Å²) in [5, 5.41) is 5.33. The van der Waals surface area contributed by atoms with Gasteiger partial charge in [-0.05, 0) is 24.8 Å². The third-order valence-corrected chi connectivity index (χ3v) is 4.08. The van der Waals surface area contributed by atoms with Crippen molar-refractivity contribution in [1.29, 1.82) is 0 Å². The molecule has 0 aliphatic rings. The van der Waals surface area contributed by atoms with Crippen molar-refractivity contribution in [1.82, 2.24) is 15.2 Å². The normalized spacial score (nSPS) is 11.2. The summed E-state index contributed by atoms with van der Waals surface area (Å²) < 4.78 is 5.52. The van der Waals surface area contributed by atoms with Crippen LogP contribution in [-0.2, 0) is 6.54 Å². The van der Waals surface area contributed by atoms with Crippen LogP contribution in [0.2, 0.25) is 0 Å². The molecule has 128 valence electrons. The van der Waals surface area contributed by atoms with Gasteiger partial charge in [-0.2, -0.15) is 0 Å². The fraction of sp³-hybridized carbons (Fsp3) is 0.500. The molecule has 0 unspecified atom stereocenters. The van der Waals surface area contributed by atoms with Gasteiger partial charge in [-0.1, -0.05) is 19.4 Å². The van der Waals surface area contributed by atoms with E-state index in [1.807, 2.05) is 17.5 Å². The third kappa shape index (κ3) is 6.14. The van der Waals surface area contributed by atoms with Crippen molar-refractivity contribution in [2.45, 2.75) is 33.2 Å². The minimum atomic E-state index is 0. The van der Waals surface area contributed by atoms with Crippen molar-refractivity contribution in [2.24, 2.45) is 4.99 Å². The van der Waals surface area contributed by atoms with Gasteiger partial charge in [0.25, 0.3) is 0 Å². The van der Waals surface area contributed by atoms with Gasteiger partial charge >= 0.3 is 0 Å². The van der Waals surface area contributed by atoms with E-state index in [1.54, 1.807) is 17.6 Å². The van der Waals surface area contributed by atoms with Gasteiger partial charge in [-0.15, -0.1) is 35.3 Å². The lowest BCUT2D eigenvalue weighted by atomic mass is 10.3. The van der Waals surface area contributed by atoms with Crippen LogP contribution in [0.5, 0.6) is 0 Å². The number of guanidine groups is 1. The Balaban J connectivity index is 0.00000264. The van der Waals surface area contributed by atoms with Crippen molar-refractivity contribution in [3.05, 3.63) is 29.5 Å². The van der Waals surface area contributed by atoms with Crippen LogP contribution < -0.4 is 5.32 Å². The molecule has 1 N–H and O–H groups in total. The lowest BCUT2D eigenvalue weighted by Crippen LogP contribution is -2.39. The Morgan fingerprint density at radius 2 is 2.26 bits per heavy atom. The lowest BCUT2D eigenvalue weighted by Gasteiger charge is -2.21. The summed E-state index contributed by atoms with van der Waals surface area (Å²) in [7, 11) is 2.07. The number of hydrogen-bond acceptors (Lipinski definition) is 4. The van der Waals surface area contributed by atoms with Gasteiger partial charge in [0.05, 0.1) is 11.4 Å². The number of oxazole rings is 1. The van der Waals surface area contributed by atoms with E-state index in [9.17, 15) is 0 Å². The first-order valence-corrected chi connectivity index (χ1v) is 8.60. The molecule has 0 aromatic carbocycles. The van der Waals surface area contributed by atoms with Crippen LogP contribution in [0.4, 0.5) is 0 Å². The zero-order valence-electron chi connectivity index (χ0n) is 13.9. The highest BCUT2D eigenvalue weighted by Gasteiger charge is 2.09. The van der Waals surface area contributed by atoms with Crippen molar-refractivity contribution >= 4 is 41.3 Å².